The number of likely N-dealkylation sites (tertiary alicyclic amines) is 1. The van der Waals surface area contributed by atoms with Gasteiger partial charge in [0.05, 0.1) is 6.10 Å². The molecule has 2 N–H and O–H groups in total. The Morgan fingerprint density at radius 3 is 2.86 bits per heavy atom. The van der Waals surface area contributed by atoms with Crippen LogP contribution in [0.1, 0.15) is 18.9 Å². The molecule has 0 aliphatic carbocycles. The third-order valence-corrected chi connectivity index (χ3v) is 3.55. The second kappa shape index (κ2) is 6.58. The topological polar surface area (TPSA) is 87.1 Å². The molecule has 1 aliphatic heterocycles. The second-order valence-corrected chi connectivity index (χ2v) is 5.08. The molecule has 21 heavy (non-hydrogen) atoms. The Labute approximate surface area is 122 Å². The Morgan fingerprint density at radius 2 is 2.19 bits per heavy atom. The van der Waals surface area contributed by atoms with Gasteiger partial charge in [-0.2, -0.15) is 0 Å². The predicted octanol–water partition coefficient (Wildman–Crippen LogP) is 0.674. The summed E-state index contributed by atoms with van der Waals surface area (Å²) in [5, 5.41) is 18.6. The Balaban J connectivity index is 1.96. The summed E-state index contributed by atoms with van der Waals surface area (Å²) in [7, 11) is 0. The number of carboxylic acids is 1. The average molecular weight is 293 g/mol. The summed E-state index contributed by atoms with van der Waals surface area (Å²) in [6.45, 7) is 1.82. The van der Waals surface area contributed by atoms with Crippen molar-refractivity contribution < 1.29 is 24.5 Å². The molecular formula is C15H19NO5. The molecule has 1 aromatic rings. The molecular weight excluding hydrogens is 274 g/mol. The van der Waals surface area contributed by atoms with Crippen molar-refractivity contribution in [1.29, 1.82) is 0 Å². The largest absolute Gasteiger partial charge is 0.484 e. The molecule has 2 atom stereocenters. The van der Waals surface area contributed by atoms with Gasteiger partial charge in [-0.1, -0.05) is 19.1 Å². The molecule has 1 fully saturated rings. The van der Waals surface area contributed by atoms with E-state index in [1.165, 1.54) is 0 Å². The fourth-order valence-electron chi connectivity index (χ4n) is 2.41. The van der Waals surface area contributed by atoms with Gasteiger partial charge in [0.15, 0.2) is 6.61 Å². The number of β-amino-alcohol motifs (C(OH)–C–C–N with tert-alkyl or cyclic N) is 1. The van der Waals surface area contributed by atoms with E-state index in [9.17, 15) is 14.7 Å². The number of benzene rings is 1. The fraction of sp³-hybridized carbons (Fsp3) is 0.467. The van der Waals surface area contributed by atoms with Gasteiger partial charge in [0.2, 0.25) is 0 Å². The molecule has 0 unspecified atom stereocenters. The molecule has 1 saturated heterocycles. The molecule has 114 valence electrons. The van der Waals surface area contributed by atoms with Crippen molar-refractivity contribution >= 4 is 11.9 Å². The van der Waals surface area contributed by atoms with Crippen LogP contribution in [0.3, 0.4) is 0 Å². The molecule has 0 saturated carbocycles. The van der Waals surface area contributed by atoms with E-state index in [2.05, 4.69) is 0 Å². The minimum atomic E-state index is -1.10. The Hall–Kier alpha value is -2.08. The number of carboxylic acid groups (broad SMARTS) is 1. The SMILES string of the molecule is CCc1cccc(OCC(=O)N2C[C@H](O)C[C@H]2C(=O)O)c1. The highest BCUT2D eigenvalue weighted by Crippen LogP contribution is 2.19. The normalized spacial score (nSPS) is 21.3. The van der Waals surface area contributed by atoms with E-state index >= 15 is 0 Å². The molecule has 0 spiro atoms. The molecule has 0 bridgehead atoms. The van der Waals surface area contributed by atoms with Crippen molar-refractivity contribution in [2.24, 2.45) is 0 Å². The third-order valence-electron chi connectivity index (χ3n) is 3.55. The first-order valence-electron chi connectivity index (χ1n) is 6.93. The molecule has 1 amide bonds. The molecule has 1 aromatic carbocycles. The summed E-state index contributed by atoms with van der Waals surface area (Å²) in [6, 6.07) is 6.43. The maximum Gasteiger partial charge on any atom is 0.326 e. The van der Waals surface area contributed by atoms with Crippen molar-refractivity contribution in [2.75, 3.05) is 13.2 Å². The van der Waals surface area contributed by atoms with Crippen LogP contribution in [0, 0.1) is 0 Å². The van der Waals surface area contributed by atoms with Crippen molar-refractivity contribution in [3.05, 3.63) is 29.8 Å². The molecule has 0 radical (unpaired) electrons. The third kappa shape index (κ3) is 3.72. The standard InChI is InChI=1S/C15H19NO5/c1-2-10-4-3-5-12(6-10)21-9-14(18)16-8-11(17)7-13(16)15(19)20/h3-6,11,13,17H,2,7-9H2,1H3,(H,19,20)/t11-,13+/m1/s1. The molecule has 6 heteroatoms. The zero-order valence-electron chi connectivity index (χ0n) is 11.9. The number of hydrogen-bond donors (Lipinski definition) is 2. The quantitative estimate of drug-likeness (QED) is 0.833. The van der Waals surface area contributed by atoms with Crippen LogP contribution >= 0.6 is 0 Å². The van der Waals surface area contributed by atoms with E-state index in [0.29, 0.717) is 5.75 Å². The first kappa shape index (κ1) is 15.3. The van der Waals surface area contributed by atoms with E-state index in [1.807, 2.05) is 25.1 Å². The lowest BCUT2D eigenvalue weighted by atomic mass is 10.2. The highest BCUT2D eigenvalue weighted by Gasteiger charge is 2.38. The molecule has 6 nitrogen and oxygen atoms in total. The van der Waals surface area contributed by atoms with Crippen LogP contribution in [0.2, 0.25) is 0 Å². The van der Waals surface area contributed by atoms with Crippen LogP contribution in [0.15, 0.2) is 24.3 Å². The summed E-state index contributed by atoms with van der Waals surface area (Å²) >= 11 is 0. The number of ether oxygens (including phenoxy) is 1. The van der Waals surface area contributed by atoms with E-state index in [0.717, 1.165) is 16.9 Å². The van der Waals surface area contributed by atoms with Crippen LogP contribution in [-0.2, 0) is 16.0 Å². The average Bonchev–Trinajstić information content (AvgIpc) is 2.87. The van der Waals surface area contributed by atoms with Crippen molar-refractivity contribution in [3.63, 3.8) is 0 Å². The lowest BCUT2D eigenvalue weighted by Crippen LogP contribution is -2.42. The highest BCUT2D eigenvalue weighted by atomic mass is 16.5. The minimum Gasteiger partial charge on any atom is -0.484 e. The van der Waals surface area contributed by atoms with Gasteiger partial charge in [0.1, 0.15) is 11.8 Å². The number of nitrogens with zero attached hydrogens (tertiary/aromatic N) is 1. The van der Waals surface area contributed by atoms with E-state index in [-0.39, 0.29) is 19.6 Å². The monoisotopic (exact) mass is 293 g/mol. The van der Waals surface area contributed by atoms with Gasteiger partial charge in [-0.05, 0) is 24.1 Å². The van der Waals surface area contributed by atoms with E-state index in [1.54, 1.807) is 6.07 Å². The summed E-state index contributed by atoms with van der Waals surface area (Å²) in [5.41, 5.74) is 1.10. The van der Waals surface area contributed by atoms with Crippen LogP contribution in [-0.4, -0.2) is 52.3 Å². The Kier molecular flexibility index (Phi) is 4.80. The van der Waals surface area contributed by atoms with Gasteiger partial charge in [-0.25, -0.2) is 4.79 Å². The summed E-state index contributed by atoms with van der Waals surface area (Å²) in [5.74, 6) is -0.956. The number of aliphatic hydroxyl groups is 1. The summed E-state index contributed by atoms with van der Waals surface area (Å²) in [6.07, 6.45) is 0.134. The second-order valence-electron chi connectivity index (χ2n) is 5.08. The van der Waals surface area contributed by atoms with Gasteiger partial charge < -0.3 is 19.8 Å². The number of hydrogen-bond acceptors (Lipinski definition) is 4. The maximum atomic E-state index is 12.1. The number of carbonyl (C=O) groups is 2. The Bertz CT molecular complexity index is 531. The number of amides is 1. The van der Waals surface area contributed by atoms with Gasteiger partial charge in [-0.3, -0.25) is 4.79 Å². The molecule has 1 heterocycles. The number of aryl methyl sites for hydroxylation is 1. The smallest absolute Gasteiger partial charge is 0.326 e. The highest BCUT2D eigenvalue weighted by molar-refractivity contribution is 5.85. The van der Waals surface area contributed by atoms with Gasteiger partial charge in [0, 0.05) is 13.0 Å². The van der Waals surface area contributed by atoms with E-state index in [4.69, 9.17) is 9.84 Å². The van der Waals surface area contributed by atoms with Crippen LogP contribution in [0.5, 0.6) is 5.75 Å². The van der Waals surface area contributed by atoms with E-state index < -0.39 is 24.0 Å². The van der Waals surface area contributed by atoms with Crippen LogP contribution in [0.25, 0.3) is 0 Å². The minimum absolute atomic E-state index is 0.0359. The maximum absolute atomic E-state index is 12.1. The van der Waals surface area contributed by atoms with Gasteiger partial charge in [0.25, 0.3) is 5.91 Å². The van der Waals surface area contributed by atoms with Crippen molar-refractivity contribution in [3.8, 4) is 5.75 Å². The fourth-order valence-corrected chi connectivity index (χ4v) is 2.41. The van der Waals surface area contributed by atoms with Gasteiger partial charge >= 0.3 is 5.97 Å². The summed E-state index contributed by atoms with van der Waals surface area (Å²) < 4.78 is 5.42. The number of aliphatic hydroxyl groups excluding tert-OH is 1. The number of carbonyl (C=O) groups excluding carboxylic acids is 1. The summed E-state index contributed by atoms with van der Waals surface area (Å²) in [4.78, 5) is 24.3. The lowest BCUT2D eigenvalue weighted by Gasteiger charge is -2.21. The molecule has 2 rings (SSSR count). The lowest BCUT2D eigenvalue weighted by molar-refractivity contribution is -0.148. The van der Waals surface area contributed by atoms with Crippen LogP contribution < -0.4 is 4.74 Å². The zero-order chi connectivity index (χ0) is 15.4. The number of rotatable bonds is 5. The van der Waals surface area contributed by atoms with Crippen molar-refractivity contribution in [1.82, 2.24) is 4.90 Å². The zero-order valence-corrected chi connectivity index (χ0v) is 11.9. The van der Waals surface area contributed by atoms with Crippen molar-refractivity contribution in [2.45, 2.75) is 31.9 Å². The van der Waals surface area contributed by atoms with Gasteiger partial charge in [-0.15, -0.1) is 0 Å². The first-order valence-corrected chi connectivity index (χ1v) is 6.93. The number of aliphatic carboxylic acids is 1. The predicted molar refractivity (Wildman–Crippen MR) is 75.1 cm³/mol. The first-order chi connectivity index (χ1) is 10.0. The van der Waals surface area contributed by atoms with Crippen LogP contribution in [0.4, 0.5) is 0 Å². The molecule has 1 aliphatic rings. The Morgan fingerprint density at radius 1 is 1.43 bits per heavy atom. The molecule has 0 aromatic heterocycles.